The van der Waals surface area contributed by atoms with Crippen molar-refractivity contribution in [2.45, 2.75) is 57.9 Å². The lowest BCUT2D eigenvalue weighted by molar-refractivity contribution is 0.0684. The molecule has 2 heterocycles. The van der Waals surface area contributed by atoms with Crippen molar-refractivity contribution in [2.24, 2.45) is 0 Å². The van der Waals surface area contributed by atoms with Crippen LogP contribution in [0.4, 0.5) is 0 Å². The van der Waals surface area contributed by atoms with Crippen LogP contribution in [0.25, 0.3) is 5.65 Å². The summed E-state index contributed by atoms with van der Waals surface area (Å²) in [7, 11) is 0. The van der Waals surface area contributed by atoms with Gasteiger partial charge in [0.25, 0.3) is 5.56 Å². The SMILES string of the molecule is CCCn1c(C(=O)O)cc(=O)n2nc(C3CCCCC3)cc12. The number of carboxylic acids is 1. The summed E-state index contributed by atoms with van der Waals surface area (Å²) < 4.78 is 3.04. The Kier molecular flexibility index (Phi) is 4.00. The van der Waals surface area contributed by atoms with Gasteiger partial charge >= 0.3 is 5.97 Å². The molecule has 1 saturated carbocycles. The number of aryl methyl sites for hydroxylation is 1. The maximum atomic E-state index is 12.2. The Morgan fingerprint density at radius 1 is 1.32 bits per heavy atom. The summed E-state index contributed by atoms with van der Waals surface area (Å²) in [5.74, 6) is -0.690. The van der Waals surface area contributed by atoms with Crippen LogP contribution in [0.15, 0.2) is 16.9 Å². The molecular formula is C16H21N3O3. The van der Waals surface area contributed by atoms with Crippen molar-refractivity contribution in [3.63, 3.8) is 0 Å². The van der Waals surface area contributed by atoms with E-state index in [0.717, 1.165) is 25.0 Å². The van der Waals surface area contributed by atoms with Gasteiger partial charge in [0, 0.05) is 24.6 Å². The number of carboxylic acid groups (broad SMARTS) is 1. The highest BCUT2D eigenvalue weighted by molar-refractivity contribution is 5.86. The van der Waals surface area contributed by atoms with Gasteiger partial charge in [0.2, 0.25) is 0 Å². The fourth-order valence-electron chi connectivity index (χ4n) is 3.36. The molecule has 0 aromatic carbocycles. The standard InChI is InChI=1S/C16H21N3O3/c1-2-8-18-13(16(21)22)10-15(20)19-14(18)9-12(17-19)11-6-4-3-5-7-11/h9-11H,2-8H2,1H3,(H,21,22). The van der Waals surface area contributed by atoms with E-state index in [-0.39, 0.29) is 11.3 Å². The summed E-state index contributed by atoms with van der Waals surface area (Å²) in [6.07, 6.45) is 6.63. The maximum absolute atomic E-state index is 12.2. The number of aromatic nitrogens is 3. The number of hydrogen-bond acceptors (Lipinski definition) is 3. The first kappa shape index (κ1) is 14.8. The normalized spacial score (nSPS) is 16.2. The topological polar surface area (TPSA) is 76.6 Å². The van der Waals surface area contributed by atoms with Gasteiger partial charge in [-0.15, -0.1) is 0 Å². The van der Waals surface area contributed by atoms with Crippen LogP contribution in [0, 0.1) is 0 Å². The molecule has 22 heavy (non-hydrogen) atoms. The predicted molar refractivity (Wildman–Crippen MR) is 82.5 cm³/mol. The van der Waals surface area contributed by atoms with E-state index in [4.69, 9.17) is 0 Å². The summed E-state index contributed by atoms with van der Waals surface area (Å²) in [5, 5.41) is 13.8. The van der Waals surface area contributed by atoms with E-state index in [1.165, 1.54) is 29.8 Å². The smallest absolute Gasteiger partial charge is 0.352 e. The average Bonchev–Trinajstić information content (AvgIpc) is 2.96. The van der Waals surface area contributed by atoms with Gasteiger partial charge in [-0.2, -0.15) is 9.61 Å². The van der Waals surface area contributed by atoms with E-state index in [1.54, 1.807) is 4.57 Å². The molecular weight excluding hydrogens is 282 g/mol. The molecule has 6 nitrogen and oxygen atoms in total. The molecule has 1 N–H and O–H groups in total. The minimum absolute atomic E-state index is 0.0365. The van der Waals surface area contributed by atoms with Gasteiger partial charge in [-0.1, -0.05) is 26.2 Å². The zero-order valence-corrected chi connectivity index (χ0v) is 12.8. The summed E-state index contributed by atoms with van der Waals surface area (Å²) in [6, 6.07) is 3.07. The molecule has 0 bridgehead atoms. The number of rotatable bonds is 4. The van der Waals surface area contributed by atoms with Crippen molar-refractivity contribution < 1.29 is 9.90 Å². The first-order valence-corrected chi connectivity index (χ1v) is 7.98. The summed E-state index contributed by atoms with van der Waals surface area (Å²) in [6.45, 7) is 2.54. The molecule has 3 rings (SSSR count). The van der Waals surface area contributed by atoms with Gasteiger partial charge < -0.3 is 9.67 Å². The molecule has 1 aliphatic carbocycles. The molecule has 1 aliphatic rings. The van der Waals surface area contributed by atoms with Gasteiger partial charge in [-0.25, -0.2) is 4.79 Å². The molecule has 0 unspecified atom stereocenters. The Balaban J connectivity index is 2.16. The summed E-state index contributed by atoms with van der Waals surface area (Å²) in [4.78, 5) is 23.6. The number of fused-ring (bicyclic) bond motifs is 1. The van der Waals surface area contributed by atoms with Crippen LogP contribution < -0.4 is 5.56 Å². The van der Waals surface area contributed by atoms with Crippen molar-refractivity contribution in [1.29, 1.82) is 0 Å². The van der Waals surface area contributed by atoms with E-state index in [2.05, 4.69) is 5.10 Å². The first-order valence-electron chi connectivity index (χ1n) is 7.98. The van der Waals surface area contributed by atoms with Crippen LogP contribution in [0.2, 0.25) is 0 Å². The zero-order chi connectivity index (χ0) is 15.7. The minimum Gasteiger partial charge on any atom is -0.477 e. The Hall–Kier alpha value is -2.11. The molecule has 0 saturated heterocycles. The Bertz CT molecular complexity index is 754. The lowest BCUT2D eigenvalue weighted by atomic mass is 9.87. The third kappa shape index (κ3) is 2.53. The van der Waals surface area contributed by atoms with E-state index in [0.29, 0.717) is 18.1 Å². The lowest BCUT2D eigenvalue weighted by Gasteiger charge is -2.18. The van der Waals surface area contributed by atoms with Gasteiger partial charge in [0.1, 0.15) is 11.3 Å². The van der Waals surface area contributed by atoms with Crippen molar-refractivity contribution in [3.8, 4) is 0 Å². The van der Waals surface area contributed by atoms with Crippen molar-refractivity contribution >= 4 is 11.6 Å². The molecule has 6 heteroatoms. The molecule has 118 valence electrons. The van der Waals surface area contributed by atoms with Crippen LogP contribution in [0.1, 0.15) is 67.5 Å². The monoisotopic (exact) mass is 303 g/mol. The third-order valence-corrected chi connectivity index (χ3v) is 4.44. The molecule has 0 radical (unpaired) electrons. The Morgan fingerprint density at radius 3 is 2.68 bits per heavy atom. The highest BCUT2D eigenvalue weighted by atomic mass is 16.4. The van der Waals surface area contributed by atoms with E-state index < -0.39 is 5.97 Å². The molecule has 0 spiro atoms. The van der Waals surface area contributed by atoms with E-state index in [9.17, 15) is 14.7 Å². The average molecular weight is 303 g/mol. The molecule has 0 aliphatic heterocycles. The quantitative estimate of drug-likeness (QED) is 0.942. The van der Waals surface area contributed by atoms with Crippen LogP contribution in [-0.4, -0.2) is 25.3 Å². The number of hydrogen-bond donors (Lipinski definition) is 1. The third-order valence-electron chi connectivity index (χ3n) is 4.44. The summed E-state index contributed by atoms with van der Waals surface area (Å²) >= 11 is 0. The number of aromatic carboxylic acids is 1. The van der Waals surface area contributed by atoms with Crippen molar-refractivity contribution in [2.75, 3.05) is 0 Å². The Morgan fingerprint density at radius 2 is 2.05 bits per heavy atom. The molecule has 2 aromatic heterocycles. The molecule has 0 atom stereocenters. The molecule has 1 fully saturated rings. The van der Waals surface area contributed by atoms with Gasteiger partial charge in [0.05, 0.1) is 5.69 Å². The van der Waals surface area contributed by atoms with Crippen LogP contribution in [0.5, 0.6) is 0 Å². The van der Waals surface area contributed by atoms with Gasteiger partial charge in [-0.3, -0.25) is 4.79 Å². The fourth-order valence-corrected chi connectivity index (χ4v) is 3.36. The Labute approximate surface area is 128 Å². The minimum atomic E-state index is -1.08. The van der Waals surface area contributed by atoms with Gasteiger partial charge in [-0.05, 0) is 19.3 Å². The fraction of sp³-hybridized carbons (Fsp3) is 0.562. The van der Waals surface area contributed by atoms with Crippen molar-refractivity contribution in [1.82, 2.24) is 14.2 Å². The maximum Gasteiger partial charge on any atom is 0.352 e. The van der Waals surface area contributed by atoms with Crippen LogP contribution >= 0.6 is 0 Å². The number of carbonyl (C=O) groups is 1. The van der Waals surface area contributed by atoms with E-state index >= 15 is 0 Å². The van der Waals surface area contributed by atoms with Crippen molar-refractivity contribution in [3.05, 3.63) is 33.9 Å². The summed E-state index contributed by atoms with van der Waals surface area (Å²) in [5.41, 5.74) is 1.17. The first-order chi connectivity index (χ1) is 10.6. The zero-order valence-electron chi connectivity index (χ0n) is 12.8. The second-order valence-corrected chi connectivity index (χ2v) is 6.00. The number of nitrogens with zero attached hydrogens (tertiary/aromatic N) is 3. The largest absolute Gasteiger partial charge is 0.477 e. The molecule has 0 amide bonds. The van der Waals surface area contributed by atoms with Crippen LogP contribution in [0.3, 0.4) is 0 Å². The van der Waals surface area contributed by atoms with Crippen LogP contribution in [-0.2, 0) is 6.54 Å². The molecule has 2 aromatic rings. The van der Waals surface area contributed by atoms with E-state index in [1.807, 2.05) is 13.0 Å². The second kappa shape index (κ2) is 5.94. The predicted octanol–water partition coefficient (Wildman–Crippen LogP) is 2.65. The second-order valence-electron chi connectivity index (χ2n) is 6.00. The highest BCUT2D eigenvalue weighted by Gasteiger charge is 2.21. The highest BCUT2D eigenvalue weighted by Crippen LogP contribution is 2.32. The lowest BCUT2D eigenvalue weighted by Crippen LogP contribution is -2.23. The van der Waals surface area contributed by atoms with Gasteiger partial charge in [0.15, 0.2) is 0 Å².